The van der Waals surface area contributed by atoms with E-state index in [4.69, 9.17) is 4.52 Å². The lowest BCUT2D eigenvalue weighted by Crippen LogP contribution is -2.10. The van der Waals surface area contributed by atoms with Gasteiger partial charge in [-0.25, -0.2) is 0 Å². The number of nitrogens with one attached hydrogen (secondary N) is 1. The van der Waals surface area contributed by atoms with Gasteiger partial charge in [0.15, 0.2) is 5.76 Å². The van der Waals surface area contributed by atoms with Gasteiger partial charge in [0.05, 0.1) is 0 Å². The van der Waals surface area contributed by atoms with E-state index in [1.165, 1.54) is 5.56 Å². The quantitative estimate of drug-likeness (QED) is 0.857. The van der Waals surface area contributed by atoms with Crippen molar-refractivity contribution in [3.63, 3.8) is 0 Å². The smallest absolute Gasteiger partial charge is 0.160 e. The van der Waals surface area contributed by atoms with Gasteiger partial charge in [-0.3, -0.25) is 0 Å². The molecule has 3 nitrogen and oxygen atoms in total. The fourth-order valence-corrected chi connectivity index (χ4v) is 2.27. The third-order valence-electron chi connectivity index (χ3n) is 3.25. The second kappa shape index (κ2) is 4.24. The summed E-state index contributed by atoms with van der Waals surface area (Å²) in [6.07, 6.45) is 3.15. The molecule has 0 spiro atoms. The summed E-state index contributed by atoms with van der Waals surface area (Å²) in [6, 6.07) is 8.50. The van der Waals surface area contributed by atoms with E-state index in [2.05, 4.69) is 41.7 Å². The summed E-state index contributed by atoms with van der Waals surface area (Å²) in [5, 5.41) is 7.60. The number of benzene rings is 1. The van der Waals surface area contributed by atoms with Gasteiger partial charge in [-0.1, -0.05) is 30.3 Å². The molecular weight excluding hydrogens is 212 g/mol. The summed E-state index contributed by atoms with van der Waals surface area (Å²) in [4.78, 5) is 0. The van der Waals surface area contributed by atoms with E-state index < -0.39 is 0 Å². The molecule has 0 atom stereocenters. The molecule has 0 unspecified atom stereocenters. The lowest BCUT2D eigenvalue weighted by atomic mass is 10.0. The van der Waals surface area contributed by atoms with Gasteiger partial charge in [0.25, 0.3) is 0 Å². The Hall–Kier alpha value is -1.77. The van der Waals surface area contributed by atoms with E-state index >= 15 is 0 Å². The van der Waals surface area contributed by atoms with Crippen LogP contribution in [0.3, 0.4) is 0 Å². The van der Waals surface area contributed by atoms with Gasteiger partial charge in [-0.15, -0.1) is 0 Å². The molecule has 0 saturated heterocycles. The minimum absolute atomic E-state index is 0.954. The Morgan fingerprint density at radius 2 is 2.35 bits per heavy atom. The number of hydrogen-bond donors (Lipinski definition) is 1. The monoisotopic (exact) mass is 228 g/mol. The molecular formula is C14H16N2O. The second-order valence-corrected chi connectivity index (χ2v) is 4.41. The lowest BCUT2D eigenvalue weighted by molar-refractivity contribution is 0.382. The zero-order chi connectivity index (χ0) is 11.7. The van der Waals surface area contributed by atoms with Crippen LogP contribution in [0.1, 0.15) is 24.7 Å². The zero-order valence-corrected chi connectivity index (χ0v) is 9.99. The summed E-state index contributed by atoms with van der Waals surface area (Å²) in [5.74, 6) is 0.994. The number of aryl methyl sites for hydroxylation is 2. The Morgan fingerprint density at radius 1 is 1.41 bits per heavy atom. The minimum Gasteiger partial charge on any atom is -0.380 e. The molecule has 1 N–H and O–H groups in total. The van der Waals surface area contributed by atoms with Crippen LogP contribution in [0, 0.1) is 0 Å². The van der Waals surface area contributed by atoms with Crippen molar-refractivity contribution in [2.45, 2.75) is 26.2 Å². The molecule has 1 aliphatic heterocycles. The van der Waals surface area contributed by atoms with Crippen LogP contribution in [0.15, 0.2) is 28.8 Å². The van der Waals surface area contributed by atoms with E-state index in [0.717, 1.165) is 48.5 Å². The minimum atomic E-state index is 0.954. The molecule has 2 heterocycles. The van der Waals surface area contributed by atoms with Gasteiger partial charge in [0, 0.05) is 18.5 Å². The molecule has 2 aromatic rings. The maximum atomic E-state index is 5.40. The van der Waals surface area contributed by atoms with Crippen molar-refractivity contribution in [1.82, 2.24) is 5.16 Å². The molecule has 0 radical (unpaired) electrons. The second-order valence-electron chi connectivity index (χ2n) is 4.41. The van der Waals surface area contributed by atoms with Crippen molar-refractivity contribution >= 4 is 5.69 Å². The highest BCUT2D eigenvalue weighted by Crippen LogP contribution is 2.33. The number of anilines is 1. The highest BCUT2D eigenvalue weighted by Gasteiger charge is 2.20. The molecule has 0 bridgehead atoms. The summed E-state index contributed by atoms with van der Waals surface area (Å²) in [5.41, 5.74) is 4.51. The molecule has 0 saturated carbocycles. The van der Waals surface area contributed by atoms with Crippen LogP contribution in [0.4, 0.5) is 5.69 Å². The third kappa shape index (κ3) is 1.82. The van der Waals surface area contributed by atoms with E-state index in [9.17, 15) is 0 Å². The number of nitrogens with zero attached hydrogens (tertiary/aromatic N) is 1. The highest BCUT2D eigenvalue weighted by molar-refractivity contribution is 5.76. The number of hydrogen-bond acceptors (Lipinski definition) is 3. The van der Waals surface area contributed by atoms with Crippen molar-refractivity contribution in [3.8, 4) is 11.3 Å². The molecule has 88 valence electrons. The van der Waals surface area contributed by atoms with Gasteiger partial charge in [0.2, 0.25) is 0 Å². The maximum Gasteiger partial charge on any atom is 0.160 e. The molecule has 1 aliphatic rings. The molecule has 1 aromatic heterocycles. The van der Waals surface area contributed by atoms with Crippen LogP contribution >= 0.6 is 0 Å². The molecule has 3 heteroatoms. The Morgan fingerprint density at radius 3 is 3.24 bits per heavy atom. The van der Waals surface area contributed by atoms with Crippen molar-refractivity contribution in [3.05, 3.63) is 35.6 Å². The predicted molar refractivity (Wildman–Crippen MR) is 68.1 cm³/mol. The number of fused-ring (bicyclic) bond motifs is 1. The van der Waals surface area contributed by atoms with Crippen LogP contribution in [0.2, 0.25) is 0 Å². The summed E-state index contributed by atoms with van der Waals surface area (Å²) < 4.78 is 5.40. The van der Waals surface area contributed by atoms with Crippen molar-refractivity contribution in [1.29, 1.82) is 0 Å². The Kier molecular flexibility index (Phi) is 2.59. The molecule has 17 heavy (non-hydrogen) atoms. The third-order valence-corrected chi connectivity index (χ3v) is 3.25. The summed E-state index contributed by atoms with van der Waals surface area (Å²) in [6.45, 7) is 3.17. The summed E-state index contributed by atoms with van der Waals surface area (Å²) >= 11 is 0. The topological polar surface area (TPSA) is 38.1 Å². The van der Waals surface area contributed by atoms with Gasteiger partial charge < -0.3 is 9.84 Å². The van der Waals surface area contributed by atoms with Crippen LogP contribution in [-0.2, 0) is 12.8 Å². The van der Waals surface area contributed by atoms with E-state index in [1.807, 2.05) is 0 Å². The normalized spacial score (nSPS) is 14.2. The molecule has 1 aromatic carbocycles. The molecule has 3 rings (SSSR count). The molecule has 0 aliphatic carbocycles. The highest BCUT2D eigenvalue weighted by atomic mass is 16.5. The molecule has 0 amide bonds. The van der Waals surface area contributed by atoms with Gasteiger partial charge in [-0.2, -0.15) is 0 Å². The number of rotatable bonds is 2. The molecule has 0 fully saturated rings. The van der Waals surface area contributed by atoms with Crippen LogP contribution in [0.5, 0.6) is 0 Å². The Labute approximate surface area is 101 Å². The first-order valence-corrected chi connectivity index (χ1v) is 6.20. The first kappa shape index (κ1) is 10.4. The van der Waals surface area contributed by atoms with E-state index in [0.29, 0.717) is 0 Å². The Balaban J connectivity index is 2.05. The standard InChI is InChI=1S/C14H16N2O/c1-2-10-5-3-6-11(9-10)13-14-12(17-16-13)7-4-8-15-14/h3,5-6,9,15H,2,4,7-8H2,1H3. The van der Waals surface area contributed by atoms with Gasteiger partial charge >= 0.3 is 0 Å². The largest absolute Gasteiger partial charge is 0.380 e. The zero-order valence-electron chi connectivity index (χ0n) is 9.99. The SMILES string of the molecule is CCc1cccc(-c2noc3c2NCCC3)c1. The fraction of sp³-hybridized carbons (Fsp3) is 0.357. The van der Waals surface area contributed by atoms with Gasteiger partial charge in [-0.05, 0) is 24.5 Å². The maximum absolute atomic E-state index is 5.40. The van der Waals surface area contributed by atoms with Crippen molar-refractivity contribution in [2.75, 3.05) is 11.9 Å². The average Bonchev–Trinajstić information content (AvgIpc) is 2.82. The van der Waals surface area contributed by atoms with Gasteiger partial charge in [0.1, 0.15) is 11.4 Å². The Bertz CT molecular complexity index is 531. The van der Waals surface area contributed by atoms with Crippen LogP contribution in [-0.4, -0.2) is 11.7 Å². The van der Waals surface area contributed by atoms with E-state index in [1.54, 1.807) is 0 Å². The fourth-order valence-electron chi connectivity index (χ4n) is 2.27. The average molecular weight is 228 g/mol. The number of aromatic nitrogens is 1. The first-order chi connectivity index (χ1) is 8.38. The summed E-state index contributed by atoms with van der Waals surface area (Å²) in [7, 11) is 0. The van der Waals surface area contributed by atoms with E-state index in [-0.39, 0.29) is 0 Å². The van der Waals surface area contributed by atoms with Crippen molar-refractivity contribution < 1.29 is 4.52 Å². The first-order valence-electron chi connectivity index (χ1n) is 6.20. The lowest BCUT2D eigenvalue weighted by Gasteiger charge is -2.12. The van der Waals surface area contributed by atoms with Crippen LogP contribution < -0.4 is 5.32 Å². The van der Waals surface area contributed by atoms with Crippen LogP contribution in [0.25, 0.3) is 11.3 Å². The predicted octanol–water partition coefficient (Wildman–Crippen LogP) is 3.26. The van der Waals surface area contributed by atoms with Crippen molar-refractivity contribution in [2.24, 2.45) is 0 Å².